The standard InChI is InChI=1S/2C13H17NO4/c2*1-13(2,3)18-11(15)6-5-9-7-10(14-8-9)12(16)17-4/h2*5-8,14H,1-4H3/b6-5+;6-5-. The number of nitrogens with one attached hydrogen (secondary N) is 2. The van der Waals surface area contributed by atoms with E-state index in [1.165, 1.54) is 26.4 Å². The van der Waals surface area contributed by atoms with Crippen LogP contribution in [0.5, 0.6) is 0 Å². The molecule has 2 N–H and O–H groups in total. The van der Waals surface area contributed by atoms with Crippen LogP contribution in [-0.2, 0) is 28.5 Å². The number of hydrogen-bond acceptors (Lipinski definition) is 8. The second-order valence-corrected chi connectivity index (χ2v) is 9.41. The molecule has 2 aromatic rings. The minimum absolute atomic E-state index is 0.335. The summed E-state index contributed by atoms with van der Waals surface area (Å²) in [4.78, 5) is 50.7. The second-order valence-electron chi connectivity index (χ2n) is 9.41. The van der Waals surface area contributed by atoms with Crippen molar-refractivity contribution in [3.63, 3.8) is 0 Å². The summed E-state index contributed by atoms with van der Waals surface area (Å²) < 4.78 is 19.3. The fourth-order valence-electron chi connectivity index (χ4n) is 2.47. The zero-order valence-electron chi connectivity index (χ0n) is 21.9. The Labute approximate surface area is 210 Å². The first-order chi connectivity index (χ1) is 16.6. The zero-order valence-corrected chi connectivity index (χ0v) is 21.9. The van der Waals surface area contributed by atoms with E-state index in [1.54, 1.807) is 78.2 Å². The maximum Gasteiger partial charge on any atom is 0.354 e. The van der Waals surface area contributed by atoms with Gasteiger partial charge in [-0.3, -0.25) is 0 Å². The van der Waals surface area contributed by atoms with Crippen molar-refractivity contribution in [1.29, 1.82) is 0 Å². The lowest BCUT2D eigenvalue weighted by molar-refractivity contribution is -0.149. The van der Waals surface area contributed by atoms with Crippen LogP contribution in [0.1, 0.15) is 73.6 Å². The van der Waals surface area contributed by atoms with E-state index in [0.29, 0.717) is 22.5 Å². The molecule has 2 heterocycles. The zero-order chi connectivity index (χ0) is 27.5. The lowest BCUT2D eigenvalue weighted by Crippen LogP contribution is -2.22. The van der Waals surface area contributed by atoms with Crippen LogP contribution in [0.4, 0.5) is 0 Å². The van der Waals surface area contributed by atoms with Crippen molar-refractivity contribution in [3.8, 4) is 0 Å². The molecular weight excluding hydrogens is 468 g/mol. The molecule has 2 rings (SSSR count). The SMILES string of the molecule is COC(=O)c1cc(/C=C/C(=O)OC(C)(C)C)c[nH]1.COC(=O)c1cc(/C=C\C(=O)OC(C)(C)C)c[nH]1. The van der Waals surface area contributed by atoms with Gasteiger partial charge in [-0.1, -0.05) is 0 Å². The van der Waals surface area contributed by atoms with E-state index in [0.717, 1.165) is 0 Å². The average Bonchev–Trinajstić information content (AvgIpc) is 3.43. The van der Waals surface area contributed by atoms with E-state index in [2.05, 4.69) is 19.4 Å². The Morgan fingerprint density at radius 1 is 0.667 bits per heavy atom. The van der Waals surface area contributed by atoms with Crippen molar-refractivity contribution in [2.45, 2.75) is 52.7 Å². The number of esters is 4. The number of carbonyl (C=O) groups excluding carboxylic acids is 4. The second kappa shape index (κ2) is 13.1. The van der Waals surface area contributed by atoms with Gasteiger partial charge in [0.15, 0.2) is 0 Å². The van der Waals surface area contributed by atoms with E-state index in [9.17, 15) is 19.2 Å². The van der Waals surface area contributed by atoms with Crippen LogP contribution >= 0.6 is 0 Å². The quantitative estimate of drug-likeness (QED) is 0.339. The van der Waals surface area contributed by atoms with Crippen LogP contribution < -0.4 is 0 Å². The molecule has 36 heavy (non-hydrogen) atoms. The molecule has 0 radical (unpaired) electrons. The van der Waals surface area contributed by atoms with Gasteiger partial charge in [-0.25, -0.2) is 19.2 Å². The highest BCUT2D eigenvalue weighted by molar-refractivity contribution is 5.91. The first-order valence-electron chi connectivity index (χ1n) is 11.0. The predicted molar refractivity (Wildman–Crippen MR) is 134 cm³/mol. The maximum absolute atomic E-state index is 11.4. The Morgan fingerprint density at radius 2 is 1.00 bits per heavy atom. The highest BCUT2D eigenvalue weighted by Gasteiger charge is 2.15. The number of hydrogen-bond donors (Lipinski definition) is 2. The molecule has 10 heteroatoms. The number of rotatable bonds is 6. The van der Waals surface area contributed by atoms with Crippen LogP contribution in [0.15, 0.2) is 36.7 Å². The van der Waals surface area contributed by atoms with Gasteiger partial charge in [0.05, 0.1) is 14.2 Å². The summed E-state index contributed by atoms with van der Waals surface area (Å²) >= 11 is 0. The Balaban J connectivity index is 0.000000360. The number of aromatic amines is 2. The molecule has 0 aromatic carbocycles. The van der Waals surface area contributed by atoms with E-state index >= 15 is 0 Å². The molecular formula is C26H34N2O8. The minimum Gasteiger partial charge on any atom is -0.464 e. The fraction of sp³-hybridized carbons (Fsp3) is 0.385. The average molecular weight is 503 g/mol. The third-order valence-electron chi connectivity index (χ3n) is 3.86. The van der Waals surface area contributed by atoms with Crippen LogP contribution in [0.3, 0.4) is 0 Å². The van der Waals surface area contributed by atoms with Crippen LogP contribution in [-0.4, -0.2) is 59.3 Å². The summed E-state index contributed by atoms with van der Waals surface area (Å²) in [7, 11) is 2.61. The van der Waals surface area contributed by atoms with Crippen molar-refractivity contribution >= 4 is 36.0 Å². The third-order valence-corrected chi connectivity index (χ3v) is 3.86. The van der Waals surface area contributed by atoms with Gasteiger partial charge in [-0.05, 0) is 77.0 Å². The van der Waals surface area contributed by atoms with Gasteiger partial charge in [0.25, 0.3) is 0 Å². The van der Waals surface area contributed by atoms with Gasteiger partial charge in [0, 0.05) is 24.5 Å². The van der Waals surface area contributed by atoms with Gasteiger partial charge in [-0.15, -0.1) is 0 Å². The van der Waals surface area contributed by atoms with Crippen LogP contribution in [0.25, 0.3) is 12.2 Å². The summed E-state index contributed by atoms with van der Waals surface area (Å²) in [6, 6.07) is 3.18. The van der Waals surface area contributed by atoms with Gasteiger partial charge >= 0.3 is 23.9 Å². The molecule has 0 saturated heterocycles. The number of methoxy groups -OCH3 is 2. The Morgan fingerprint density at radius 3 is 1.28 bits per heavy atom. The highest BCUT2D eigenvalue weighted by Crippen LogP contribution is 2.11. The number of aromatic nitrogens is 2. The predicted octanol–water partition coefficient (Wildman–Crippen LogP) is 4.31. The van der Waals surface area contributed by atoms with Crippen molar-refractivity contribution in [2.75, 3.05) is 14.2 Å². The van der Waals surface area contributed by atoms with Crippen LogP contribution in [0, 0.1) is 0 Å². The topological polar surface area (TPSA) is 137 Å². The van der Waals surface area contributed by atoms with Crippen molar-refractivity contribution in [2.24, 2.45) is 0 Å². The molecule has 0 atom stereocenters. The van der Waals surface area contributed by atoms with E-state index in [1.807, 2.05) is 0 Å². The molecule has 2 aromatic heterocycles. The van der Waals surface area contributed by atoms with E-state index in [4.69, 9.17) is 9.47 Å². The molecule has 10 nitrogen and oxygen atoms in total. The van der Waals surface area contributed by atoms with E-state index < -0.39 is 35.1 Å². The molecule has 0 spiro atoms. The maximum atomic E-state index is 11.4. The largest absolute Gasteiger partial charge is 0.464 e. The van der Waals surface area contributed by atoms with Gasteiger partial charge in [0.1, 0.15) is 22.6 Å². The lowest BCUT2D eigenvalue weighted by Gasteiger charge is -2.17. The summed E-state index contributed by atoms with van der Waals surface area (Å²) in [6.45, 7) is 10.8. The Hall–Kier alpha value is -4.08. The Bertz CT molecular complexity index is 1020. The monoisotopic (exact) mass is 502 g/mol. The molecule has 0 aliphatic carbocycles. The van der Waals surface area contributed by atoms with Crippen molar-refractivity contribution < 1.29 is 38.1 Å². The summed E-state index contributed by atoms with van der Waals surface area (Å²) in [5, 5.41) is 0. The normalized spacial score (nSPS) is 11.6. The van der Waals surface area contributed by atoms with E-state index in [-0.39, 0.29) is 0 Å². The minimum atomic E-state index is -0.517. The number of H-pyrrole nitrogens is 2. The third kappa shape index (κ3) is 11.9. The van der Waals surface area contributed by atoms with Crippen molar-refractivity contribution in [1.82, 2.24) is 9.97 Å². The van der Waals surface area contributed by atoms with Gasteiger partial charge in [0.2, 0.25) is 0 Å². The fourth-order valence-corrected chi connectivity index (χ4v) is 2.47. The van der Waals surface area contributed by atoms with Gasteiger partial charge in [-0.2, -0.15) is 0 Å². The lowest BCUT2D eigenvalue weighted by atomic mass is 10.2. The summed E-state index contributed by atoms with van der Waals surface area (Å²) in [6.07, 6.45) is 8.97. The highest BCUT2D eigenvalue weighted by atomic mass is 16.6. The molecule has 0 aliphatic heterocycles. The molecule has 0 unspecified atom stereocenters. The van der Waals surface area contributed by atoms with Gasteiger partial charge < -0.3 is 28.9 Å². The molecule has 196 valence electrons. The summed E-state index contributed by atoms with van der Waals surface area (Å²) in [5.74, 6) is -1.76. The molecule has 0 saturated carbocycles. The van der Waals surface area contributed by atoms with Crippen molar-refractivity contribution in [3.05, 3.63) is 59.2 Å². The molecule has 0 bridgehead atoms. The number of ether oxygens (including phenoxy) is 4. The summed E-state index contributed by atoms with van der Waals surface area (Å²) in [5.41, 5.74) is 1.03. The first kappa shape index (κ1) is 30.0. The molecule has 0 amide bonds. The number of carbonyl (C=O) groups is 4. The first-order valence-corrected chi connectivity index (χ1v) is 11.0. The molecule has 0 aliphatic rings. The Kier molecular flexibility index (Phi) is 10.9. The van der Waals surface area contributed by atoms with Crippen LogP contribution in [0.2, 0.25) is 0 Å². The molecule has 0 fully saturated rings. The smallest absolute Gasteiger partial charge is 0.354 e.